The van der Waals surface area contributed by atoms with E-state index in [4.69, 9.17) is 10.5 Å². The van der Waals surface area contributed by atoms with Gasteiger partial charge in [-0.3, -0.25) is 9.78 Å². The molecule has 0 bridgehead atoms. The van der Waals surface area contributed by atoms with E-state index in [1.54, 1.807) is 25.4 Å². The molecule has 1 heterocycles. The fraction of sp³-hybridized carbons (Fsp3) is 0.167. The van der Waals surface area contributed by atoms with Crippen molar-refractivity contribution in [1.82, 2.24) is 4.98 Å². The van der Waals surface area contributed by atoms with Crippen LogP contribution in [0.4, 0.5) is 0 Å². The summed E-state index contributed by atoms with van der Waals surface area (Å²) in [6.07, 6.45) is 1.66. The number of methoxy groups -OCH3 is 1. The summed E-state index contributed by atoms with van der Waals surface area (Å²) in [7, 11) is 1.64. The lowest BCUT2D eigenvalue weighted by Gasteiger charge is -2.15. The van der Waals surface area contributed by atoms with Crippen molar-refractivity contribution in [2.75, 3.05) is 7.11 Å². The van der Waals surface area contributed by atoms with Gasteiger partial charge in [0, 0.05) is 24.4 Å². The first-order valence-corrected chi connectivity index (χ1v) is 8.95. The molecule has 0 aliphatic carbocycles. The predicted octanol–water partition coefficient (Wildman–Crippen LogP) is 4.29. The van der Waals surface area contributed by atoms with Gasteiger partial charge in [0.25, 0.3) is 5.91 Å². The fourth-order valence-electron chi connectivity index (χ4n) is 2.84. The summed E-state index contributed by atoms with van der Waals surface area (Å²) in [5, 5.41) is 0. The number of hydrogen-bond acceptors (Lipinski definition) is 3. The van der Waals surface area contributed by atoms with Crippen LogP contribution in [0.25, 0.3) is 22.4 Å². The first-order valence-electron chi connectivity index (χ1n) is 8.95. The Labute approximate surface area is 165 Å². The van der Waals surface area contributed by atoms with E-state index in [0.717, 1.165) is 22.3 Å². The summed E-state index contributed by atoms with van der Waals surface area (Å²) in [5.41, 5.74) is 9.56. The maximum Gasteiger partial charge on any atom is 0.250 e. The lowest BCUT2D eigenvalue weighted by atomic mass is 9.92. The molecule has 0 fully saturated rings. The maximum atomic E-state index is 11.9. The number of amides is 1. The quantitative estimate of drug-likeness (QED) is 0.697. The van der Waals surface area contributed by atoms with Crippen LogP contribution in [0.1, 0.15) is 29.8 Å². The number of nitrogens with zero attached hydrogens (tertiary/aromatic N) is 1. The summed E-state index contributed by atoms with van der Waals surface area (Å²) in [5.74, 6) is 5.89. The van der Waals surface area contributed by atoms with Crippen molar-refractivity contribution in [3.8, 4) is 34.2 Å². The minimum atomic E-state index is -0.549. The lowest BCUT2D eigenvalue weighted by Crippen LogP contribution is -2.19. The van der Waals surface area contributed by atoms with Crippen LogP contribution >= 0.6 is 0 Å². The normalized spacial score (nSPS) is 10.8. The Morgan fingerprint density at radius 2 is 1.61 bits per heavy atom. The topological polar surface area (TPSA) is 65.2 Å². The first-order chi connectivity index (χ1) is 13.4. The number of pyridine rings is 1. The molecule has 0 spiro atoms. The Morgan fingerprint density at radius 3 is 2.29 bits per heavy atom. The van der Waals surface area contributed by atoms with Crippen LogP contribution in [0.3, 0.4) is 0 Å². The van der Waals surface area contributed by atoms with Crippen LogP contribution in [0.2, 0.25) is 0 Å². The Morgan fingerprint density at radius 1 is 0.964 bits per heavy atom. The molecule has 0 atom stereocenters. The van der Waals surface area contributed by atoms with Gasteiger partial charge in [-0.25, -0.2) is 0 Å². The van der Waals surface area contributed by atoms with E-state index in [9.17, 15) is 4.79 Å². The van der Waals surface area contributed by atoms with Gasteiger partial charge in [0.15, 0.2) is 0 Å². The van der Waals surface area contributed by atoms with Gasteiger partial charge in [-0.05, 0) is 43.2 Å². The second-order valence-corrected chi connectivity index (χ2v) is 6.82. The second-order valence-electron chi connectivity index (χ2n) is 6.82. The van der Waals surface area contributed by atoms with Crippen molar-refractivity contribution in [2.24, 2.45) is 5.73 Å². The Bertz CT molecular complexity index is 1070. The van der Waals surface area contributed by atoms with Gasteiger partial charge in [-0.1, -0.05) is 54.3 Å². The molecule has 28 heavy (non-hydrogen) atoms. The number of benzene rings is 2. The number of primary amides is 1. The predicted molar refractivity (Wildman–Crippen MR) is 112 cm³/mol. The van der Waals surface area contributed by atoms with Gasteiger partial charge in [0.1, 0.15) is 5.60 Å². The SMILES string of the molecule is COC(C)(C)C#Cc1ccccc1-c1ccccc1-c1ncccc1C(N)=O. The van der Waals surface area contributed by atoms with Gasteiger partial charge < -0.3 is 10.5 Å². The summed E-state index contributed by atoms with van der Waals surface area (Å²) < 4.78 is 5.41. The van der Waals surface area contributed by atoms with Crippen LogP contribution in [0, 0.1) is 11.8 Å². The zero-order valence-electron chi connectivity index (χ0n) is 16.2. The number of aromatic nitrogens is 1. The molecule has 0 saturated carbocycles. The zero-order chi connectivity index (χ0) is 20.1. The van der Waals surface area contributed by atoms with Crippen molar-refractivity contribution in [3.63, 3.8) is 0 Å². The van der Waals surface area contributed by atoms with Gasteiger partial charge in [-0.2, -0.15) is 0 Å². The number of nitrogens with two attached hydrogens (primary N) is 1. The molecule has 2 aromatic carbocycles. The molecule has 0 saturated heterocycles. The molecule has 4 heteroatoms. The maximum absolute atomic E-state index is 11.9. The van der Waals surface area contributed by atoms with Crippen LogP contribution in [0.5, 0.6) is 0 Å². The molecule has 3 aromatic rings. The number of ether oxygens (including phenoxy) is 1. The molecule has 0 aliphatic heterocycles. The standard InChI is InChI=1S/C24H22N2O2/c1-24(2,28-3)15-14-17-9-4-5-10-18(17)19-11-6-7-12-20(19)22-21(23(25)27)13-8-16-26-22/h4-13,16H,1-3H3,(H2,25,27). The van der Waals surface area contributed by atoms with Crippen LogP contribution in [0.15, 0.2) is 66.9 Å². The smallest absolute Gasteiger partial charge is 0.250 e. The third-order valence-corrected chi connectivity index (χ3v) is 4.48. The van der Waals surface area contributed by atoms with Crippen molar-refractivity contribution in [3.05, 3.63) is 78.0 Å². The largest absolute Gasteiger partial charge is 0.366 e. The molecule has 4 nitrogen and oxygen atoms in total. The number of hydrogen-bond donors (Lipinski definition) is 1. The highest BCUT2D eigenvalue weighted by atomic mass is 16.5. The molecular formula is C24H22N2O2. The van der Waals surface area contributed by atoms with Crippen molar-refractivity contribution < 1.29 is 9.53 Å². The van der Waals surface area contributed by atoms with Crippen molar-refractivity contribution in [2.45, 2.75) is 19.4 Å². The van der Waals surface area contributed by atoms with E-state index < -0.39 is 11.5 Å². The highest BCUT2D eigenvalue weighted by Crippen LogP contribution is 2.34. The van der Waals surface area contributed by atoms with Crippen LogP contribution < -0.4 is 5.73 Å². The van der Waals surface area contributed by atoms with Gasteiger partial charge in [0.05, 0.1) is 11.3 Å². The highest BCUT2D eigenvalue weighted by Gasteiger charge is 2.16. The molecule has 140 valence electrons. The third kappa shape index (κ3) is 4.11. The highest BCUT2D eigenvalue weighted by molar-refractivity contribution is 6.01. The molecule has 1 aromatic heterocycles. The van der Waals surface area contributed by atoms with E-state index >= 15 is 0 Å². The number of carbonyl (C=O) groups is 1. The fourth-order valence-corrected chi connectivity index (χ4v) is 2.84. The van der Waals surface area contributed by atoms with Gasteiger partial charge in [-0.15, -0.1) is 0 Å². The molecule has 0 radical (unpaired) electrons. The minimum absolute atomic E-state index is 0.388. The van der Waals surface area contributed by atoms with E-state index in [1.807, 2.05) is 62.4 Å². The summed E-state index contributed by atoms with van der Waals surface area (Å²) in [6.45, 7) is 3.84. The Kier molecular flexibility index (Phi) is 5.58. The van der Waals surface area contributed by atoms with E-state index in [2.05, 4.69) is 16.8 Å². The number of rotatable bonds is 4. The van der Waals surface area contributed by atoms with Crippen molar-refractivity contribution in [1.29, 1.82) is 0 Å². The molecule has 0 unspecified atom stereocenters. The molecular weight excluding hydrogens is 348 g/mol. The zero-order valence-corrected chi connectivity index (χ0v) is 16.2. The minimum Gasteiger partial charge on any atom is -0.366 e. The summed E-state index contributed by atoms with van der Waals surface area (Å²) in [4.78, 5) is 16.3. The third-order valence-electron chi connectivity index (χ3n) is 4.48. The Balaban J connectivity index is 2.20. The van der Waals surface area contributed by atoms with E-state index in [1.165, 1.54) is 0 Å². The molecule has 0 aliphatic rings. The average Bonchev–Trinajstić information content (AvgIpc) is 2.72. The van der Waals surface area contributed by atoms with Gasteiger partial charge >= 0.3 is 0 Å². The Hall–Kier alpha value is -3.42. The summed E-state index contributed by atoms with van der Waals surface area (Å²) >= 11 is 0. The van der Waals surface area contributed by atoms with E-state index in [-0.39, 0.29) is 0 Å². The van der Waals surface area contributed by atoms with Crippen LogP contribution in [-0.4, -0.2) is 23.6 Å². The first kappa shape index (κ1) is 19.3. The van der Waals surface area contributed by atoms with Gasteiger partial charge in [0.2, 0.25) is 0 Å². The molecule has 1 amide bonds. The van der Waals surface area contributed by atoms with E-state index in [0.29, 0.717) is 11.3 Å². The molecule has 2 N–H and O–H groups in total. The van der Waals surface area contributed by atoms with Crippen LogP contribution in [-0.2, 0) is 4.74 Å². The number of carbonyl (C=O) groups excluding carboxylic acids is 1. The second kappa shape index (κ2) is 8.08. The monoisotopic (exact) mass is 370 g/mol. The molecule has 3 rings (SSSR count). The average molecular weight is 370 g/mol. The lowest BCUT2D eigenvalue weighted by molar-refractivity contribution is 0.0741. The van der Waals surface area contributed by atoms with Crippen molar-refractivity contribution >= 4 is 5.91 Å². The summed E-state index contributed by atoms with van der Waals surface area (Å²) in [6, 6.07) is 19.1.